The Morgan fingerprint density at radius 1 is 1.32 bits per heavy atom. The van der Waals surface area contributed by atoms with E-state index in [4.69, 9.17) is 4.74 Å². The van der Waals surface area contributed by atoms with Crippen LogP contribution in [0.5, 0.6) is 0 Å². The highest BCUT2D eigenvalue weighted by Crippen LogP contribution is 2.30. The molecule has 1 fully saturated rings. The Bertz CT molecular complexity index is 757. The van der Waals surface area contributed by atoms with Crippen molar-refractivity contribution in [3.8, 4) is 0 Å². The molecule has 0 saturated carbocycles. The summed E-state index contributed by atoms with van der Waals surface area (Å²) in [6, 6.07) is 10.0. The van der Waals surface area contributed by atoms with Gasteiger partial charge >= 0.3 is 0 Å². The first-order chi connectivity index (χ1) is 12.0. The van der Waals surface area contributed by atoms with Gasteiger partial charge in [0.2, 0.25) is 0 Å². The molecule has 2 heterocycles. The van der Waals surface area contributed by atoms with E-state index in [0.29, 0.717) is 11.5 Å². The molecule has 4 nitrogen and oxygen atoms in total. The predicted octanol–water partition coefficient (Wildman–Crippen LogP) is 3.96. The Balaban J connectivity index is 1.77. The lowest BCUT2D eigenvalue weighted by Gasteiger charge is -2.21. The first-order valence-corrected chi connectivity index (χ1v) is 9.39. The third-order valence-electron chi connectivity index (χ3n) is 4.60. The van der Waals surface area contributed by atoms with Crippen LogP contribution in [0.2, 0.25) is 0 Å². The minimum absolute atomic E-state index is 0.0198. The second-order valence-electron chi connectivity index (χ2n) is 6.62. The van der Waals surface area contributed by atoms with Crippen LogP contribution in [0.1, 0.15) is 27.9 Å². The first kappa shape index (κ1) is 18.0. The molecule has 132 valence electrons. The van der Waals surface area contributed by atoms with E-state index in [1.807, 2.05) is 19.2 Å². The van der Waals surface area contributed by atoms with Crippen LogP contribution in [0.15, 0.2) is 46.5 Å². The maximum absolute atomic E-state index is 12.9. The van der Waals surface area contributed by atoms with Gasteiger partial charge in [-0.3, -0.25) is 4.79 Å². The Labute approximate surface area is 153 Å². The quantitative estimate of drug-likeness (QED) is 0.813. The number of hydrogen-bond donors (Lipinski definition) is 0. The Hall–Kier alpha value is -1.85. The van der Waals surface area contributed by atoms with E-state index in [1.165, 1.54) is 11.1 Å². The third kappa shape index (κ3) is 4.41. The van der Waals surface area contributed by atoms with Crippen LogP contribution in [-0.4, -0.2) is 42.6 Å². The van der Waals surface area contributed by atoms with Crippen molar-refractivity contribution < 1.29 is 9.53 Å². The van der Waals surface area contributed by atoms with Crippen molar-refractivity contribution in [3.63, 3.8) is 0 Å². The van der Waals surface area contributed by atoms with Crippen molar-refractivity contribution in [2.24, 2.45) is 5.92 Å². The summed E-state index contributed by atoms with van der Waals surface area (Å²) in [5.74, 6) is 0.452. The molecule has 1 saturated heterocycles. The standard InChI is InChI=1S/C20H24N2O2S/c1-14-6-7-17(11-15(14)2)25-19-18(5-4-9-21-19)20(23)22(3)12-16-8-10-24-13-16/h4-7,9,11,16H,8,10,12-13H2,1-3H3. The van der Waals surface area contributed by atoms with Gasteiger partial charge in [0.15, 0.2) is 0 Å². The molecule has 0 radical (unpaired) electrons. The zero-order valence-corrected chi connectivity index (χ0v) is 15.8. The molecule has 0 spiro atoms. The maximum Gasteiger partial charge on any atom is 0.256 e. The molecule has 1 aliphatic heterocycles. The molecule has 1 aromatic heterocycles. The zero-order valence-electron chi connectivity index (χ0n) is 15.0. The van der Waals surface area contributed by atoms with Crippen LogP contribution in [0.25, 0.3) is 0 Å². The Kier molecular flexibility index (Phi) is 5.76. The summed E-state index contributed by atoms with van der Waals surface area (Å²) in [4.78, 5) is 20.2. The average Bonchev–Trinajstić information content (AvgIpc) is 3.11. The fourth-order valence-electron chi connectivity index (χ4n) is 2.93. The number of hydrogen-bond acceptors (Lipinski definition) is 4. The van der Waals surface area contributed by atoms with Crippen LogP contribution in [0, 0.1) is 19.8 Å². The molecule has 1 amide bonds. The summed E-state index contributed by atoms with van der Waals surface area (Å²) in [6.45, 7) is 6.46. The summed E-state index contributed by atoms with van der Waals surface area (Å²) >= 11 is 1.54. The van der Waals surface area contributed by atoms with Crippen LogP contribution in [0.4, 0.5) is 0 Å². The van der Waals surface area contributed by atoms with Crippen LogP contribution in [0.3, 0.4) is 0 Å². The Morgan fingerprint density at radius 3 is 2.88 bits per heavy atom. The summed E-state index contributed by atoms with van der Waals surface area (Å²) in [7, 11) is 1.86. The smallest absolute Gasteiger partial charge is 0.256 e. The first-order valence-electron chi connectivity index (χ1n) is 8.58. The van der Waals surface area contributed by atoms with E-state index in [9.17, 15) is 4.79 Å². The van der Waals surface area contributed by atoms with E-state index in [-0.39, 0.29) is 5.91 Å². The van der Waals surface area contributed by atoms with E-state index in [2.05, 4.69) is 37.0 Å². The van der Waals surface area contributed by atoms with Crippen molar-refractivity contribution >= 4 is 17.7 Å². The SMILES string of the molecule is Cc1ccc(Sc2ncccc2C(=O)N(C)CC2CCOC2)cc1C. The lowest BCUT2D eigenvalue weighted by molar-refractivity contribution is 0.0762. The number of ether oxygens (including phenoxy) is 1. The van der Waals surface area contributed by atoms with E-state index < -0.39 is 0 Å². The minimum atomic E-state index is 0.0198. The lowest BCUT2D eigenvalue weighted by Crippen LogP contribution is -2.32. The number of nitrogens with zero attached hydrogens (tertiary/aromatic N) is 2. The highest BCUT2D eigenvalue weighted by atomic mass is 32.2. The molecule has 0 aliphatic carbocycles. The van der Waals surface area contributed by atoms with Gasteiger partial charge < -0.3 is 9.64 Å². The molecule has 5 heteroatoms. The number of rotatable bonds is 5. The zero-order chi connectivity index (χ0) is 17.8. The largest absolute Gasteiger partial charge is 0.381 e. The van der Waals surface area contributed by atoms with Crippen LogP contribution >= 0.6 is 11.8 Å². The molecule has 1 aromatic carbocycles. The van der Waals surface area contributed by atoms with Gasteiger partial charge in [-0.2, -0.15) is 0 Å². The second-order valence-corrected chi connectivity index (χ2v) is 7.68. The highest BCUT2D eigenvalue weighted by Gasteiger charge is 2.23. The average molecular weight is 356 g/mol. The fraction of sp³-hybridized carbons (Fsp3) is 0.400. The van der Waals surface area contributed by atoms with Gasteiger partial charge in [0, 0.05) is 37.2 Å². The third-order valence-corrected chi connectivity index (χ3v) is 5.61. The summed E-state index contributed by atoms with van der Waals surface area (Å²) in [6.07, 6.45) is 2.76. The van der Waals surface area contributed by atoms with Gasteiger partial charge in [-0.1, -0.05) is 17.8 Å². The van der Waals surface area contributed by atoms with Crippen molar-refractivity contribution in [3.05, 3.63) is 53.2 Å². The molecular formula is C20H24N2O2S. The van der Waals surface area contributed by atoms with Crippen LogP contribution in [-0.2, 0) is 4.74 Å². The topological polar surface area (TPSA) is 42.4 Å². The van der Waals surface area contributed by atoms with E-state index >= 15 is 0 Å². The van der Waals surface area contributed by atoms with E-state index in [1.54, 1.807) is 22.9 Å². The molecule has 1 unspecified atom stereocenters. The van der Waals surface area contributed by atoms with Gasteiger partial charge in [-0.05, 0) is 55.7 Å². The van der Waals surface area contributed by atoms with Gasteiger partial charge in [0.05, 0.1) is 12.2 Å². The maximum atomic E-state index is 12.9. The summed E-state index contributed by atoms with van der Waals surface area (Å²) < 4.78 is 5.41. The predicted molar refractivity (Wildman–Crippen MR) is 100 cm³/mol. The molecule has 3 rings (SSSR count). The Morgan fingerprint density at radius 2 is 2.16 bits per heavy atom. The van der Waals surface area contributed by atoms with Crippen LogP contribution < -0.4 is 0 Å². The fourth-order valence-corrected chi connectivity index (χ4v) is 3.90. The number of aromatic nitrogens is 1. The van der Waals surface area contributed by atoms with Gasteiger partial charge in [0.1, 0.15) is 5.03 Å². The van der Waals surface area contributed by atoms with Gasteiger partial charge in [-0.25, -0.2) is 4.98 Å². The van der Waals surface area contributed by atoms with Crippen molar-refractivity contribution in [1.82, 2.24) is 9.88 Å². The van der Waals surface area contributed by atoms with Gasteiger partial charge in [-0.15, -0.1) is 0 Å². The molecule has 0 N–H and O–H groups in total. The summed E-state index contributed by atoms with van der Waals surface area (Å²) in [5, 5.41) is 0.755. The normalized spacial score (nSPS) is 16.8. The van der Waals surface area contributed by atoms with Crippen molar-refractivity contribution in [2.75, 3.05) is 26.8 Å². The monoisotopic (exact) mass is 356 g/mol. The number of pyridine rings is 1. The number of aryl methyl sites for hydroxylation is 2. The molecule has 1 aliphatic rings. The minimum Gasteiger partial charge on any atom is -0.381 e. The van der Waals surface area contributed by atoms with Crippen molar-refractivity contribution in [2.45, 2.75) is 30.2 Å². The molecule has 2 aromatic rings. The van der Waals surface area contributed by atoms with Crippen molar-refractivity contribution in [1.29, 1.82) is 0 Å². The number of amides is 1. The van der Waals surface area contributed by atoms with E-state index in [0.717, 1.165) is 36.1 Å². The molecule has 25 heavy (non-hydrogen) atoms. The molecule has 0 bridgehead atoms. The number of benzene rings is 1. The second kappa shape index (κ2) is 8.02. The van der Waals surface area contributed by atoms with Gasteiger partial charge in [0.25, 0.3) is 5.91 Å². The lowest BCUT2D eigenvalue weighted by atomic mass is 10.1. The summed E-state index contributed by atoms with van der Waals surface area (Å²) in [5.41, 5.74) is 3.17. The number of carbonyl (C=O) groups is 1. The molecule has 1 atom stereocenters. The highest BCUT2D eigenvalue weighted by molar-refractivity contribution is 7.99. The number of carbonyl (C=O) groups excluding carboxylic acids is 1. The molecular weight excluding hydrogens is 332 g/mol.